The third kappa shape index (κ3) is 2.91. The van der Waals surface area contributed by atoms with Gasteiger partial charge >= 0.3 is 0 Å². The van der Waals surface area contributed by atoms with Crippen molar-refractivity contribution in [1.29, 1.82) is 0 Å². The van der Waals surface area contributed by atoms with Gasteiger partial charge in [-0.2, -0.15) is 0 Å². The lowest BCUT2D eigenvalue weighted by atomic mass is 10.1. The SMILES string of the molecule is Cc1cccc(NC(=O)c2cccc(C)c2[N+](=O)[O-])c1C. The van der Waals surface area contributed by atoms with E-state index in [1.54, 1.807) is 25.1 Å². The van der Waals surface area contributed by atoms with Gasteiger partial charge in [0.2, 0.25) is 0 Å². The summed E-state index contributed by atoms with van der Waals surface area (Å²) in [6.45, 7) is 5.46. The number of para-hydroxylation sites is 1. The number of rotatable bonds is 3. The predicted molar refractivity (Wildman–Crippen MR) is 81.7 cm³/mol. The first-order valence-corrected chi connectivity index (χ1v) is 6.53. The Balaban J connectivity index is 2.40. The van der Waals surface area contributed by atoms with Crippen LogP contribution in [-0.2, 0) is 0 Å². The lowest BCUT2D eigenvalue weighted by Crippen LogP contribution is -2.15. The van der Waals surface area contributed by atoms with Crippen LogP contribution < -0.4 is 5.32 Å². The van der Waals surface area contributed by atoms with Crippen LogP contribution in [0.5, 0.6) is 0 Å². The highest BCUT2D eigenvalue weighted by molar-refractivity contribution is 6.07. The van der Waals surface area contributed by atoms with E-state index >= 15 is 0 Å². The minimum absolute atomic E-state index is 0.0703. The highest BCUT2D eigenvalue weighted by Crippen LogP contribution is 2.25. The van der Waals surface area contributed by atoms with Gasteiger partial charge in [0.05, 0.1) is 4.92 Å². The highest BCUT2D eigenvalue weighted by Gasteiger charge is 2.22. The molecule has 0 atom stereocenters. The number of aryl methyl sites for hydroxylation is 2. The second kappa shape index (κ2) is 5.75. The van der Waals surface area contributed by atoms with E-state index in [9.17, 15) is 14.9 Å². The summed E-state index contributed by atoms with van der Waals surface area (Å²) in [6, 6.07) is 10.3. The number of anilines is 1. The zero-order valence-electron chi connectivity index (χ0n) is 12.1. The molecule has 1 N–H and O–H groups in total. The maximum absolute atomic E-state index is 12.3. The molecule has 0 unspecified atom stereocenters. The average molecular weight is 284 g/mol. The maximum Gasteiger partial charge on any atom is 0.285 e. The predicted octanol–water partition coefficient (Wildman–Crippen LogP) is 3.77. The van der Waals surface area contributed by atoms with E-state index in [-0.39, 0.29) is 11.3 Å². The Labute approximate surface area is 122 Å². The molecule has 0 spiro atoms. The van der Waals surface area contributed by atoms with Gasteiger partial charge in [0.15, 0.2) is 0 Å². The molecule has 2 rings (SSSR count). The van der Waals surface area contributed by atoms with Crippen molar-refractivity contribution in [3.8, 4) is 0 Å². The van der Waals surface area contributed by atoms with Crippen LogP contribution in [0.25, 0.3) is 0 Å². The van der Waals surface area contributed by atoms with Gasteiger partial charge in [-0.1, -0.05) is 24.3 Å². The molecular formula is C16H16N2O3. The minimum atomic E-state index is -0.520. The van der Waals surface area contributed by atoms with Crippen LogP contribution in [0.2, 0.25) is 0 Å². The molecule has 0 heterocycles. The maximum atomic E-state index is 12.3. The fourth-order valence-corrected chi connectivity index (χ4v) is 2.16. The Kier molecular flexibility index (Phi) is 4.03. The number of amides is 1. The number of carbonyl (C=O) groups excluding carboxylic acids is 1. The molecule has 2 aromatic carbocycles. The lowest BCUT2D eigenvalue weighted by Gasteiger charge is -2.11. The quantitative estimate of drug-likeness (QED) is 0.688. The Morgan fingerprint density at radius 3 is 2.33 bits per heavy atom. The van der Waals surface area contributed by atoms with E-state index < -0.39 is 10.8 Å². The second-order valence-electron chi connectivity index (χ2n) is 4.93. The van der Waals surface area contributed by atoms with Crippen molar-refractivity contribution in [2.75, 3.05) is 5.32 Å². The van der Waals surface area contributed by atoms with Crippen LogP contribution in [0, 0.1) is 30.9 Å². The Bertz CT molecular complexity index is 723. The van der Waals surface area contributed by atoms with Crippen LogP contribution in [0.4, 0.5) is 11.4 Å². The standard InChI is InChI=1S/C16H16N2O3/c1-10-6-5-9-14(12(10)3)17-16(19)13-8-4-7-11(2)15(13)18(20)21/h4-9H,1-3H3,(H,17,19). The number of hydrogen-bond donors (Lipinski definition) is 1. The normalized spacial score (nSPS) is 10.2. The smallest absolute Gasteiger partial charge is 0.285 e. The molecule has 21 heavy (non-hydrogen) atoms. The van der Waals surface area contributed by atoms with E-state index in [2.05, 4.69) is 5.32 Å². The molecule has 2 aromatic rings. The fourth-order valence-electron chi connectivity index (χ4n) is 2.16. The summed E-state index contributed by atoms with van der Waals surface area (Å²) >= 11 is 0. The summed E-state index contributed by atoms with van der Waals surface area (Å²) in [6.07, 6.45) is 0. The van der Waals surface area contributed by atoms with Gasteiger partial charge in [-0.15, -0.1) is 0 Å². The van der Waals surface area contributed by atoms with Gasteiger partial charge in [-0.3, -0.25) is 14.9 Å². The van der Waals surface area contributed by atoms with Crippen molar-refractivity contribution >= 4 is 17.3 Å². The molecule has 0 aromatic heterocycles. The molecule has 0 aliphatic rings. The van der Waals surface area contributed by atoms with Crippen molar-refractivity contribution in [1.82, 2.24) is 0 Å². The first-order valence-electron chi connectivity index (χ1n) is 6.53. The number of nitro groups is 1. The summed E-state index contributed by atoms with van der Waals surface area (Å²) < 4.78 is 0. The van der Waals surface area contributed by atoms with Crippen molar-refractivity contribution in [2.45, 2.75) is 20.8 Å². The van der Waals surface area contributed by atoms with Crippen molar-refractivity contribution in [2.24, 2.45) is 0 Å². The molecule has 5 heteroatoms. The number of nitro benzene ring substituents is 1. The summed E-state index contributed by atoms with van der Waals surface area (Å²) in [5.41, 5.74) is 3.04. The number of nitrogens with one attached hydrogen (secondary N) is 1. The summed E-state index contributed by atoms with van der Waals surface area (Å²) in [5, 5.41) is 13.9. The second-order valence-corrected chi connectivity index (χ2v) is 4.93. The molecule has 0 aliphatic carbocycles. The number of nitrogens with zero attached hydrogens (tertiary/aromatic N) is 1. The molecule has 108 valence electrons. The largest absolute Gasteiger partial charge is 0.322 e. The summed E-state index contributed by atoms with van der Waals surface area (Å²) in [4.78, 5) is 23.0. The number of benzene rings is 2. The topological polar surface area (TPSA) is 72.2 Å². The van der Waals surface area contributed by atoms with Crippen molar-refractivity contribution < 1.29 is 9.72 Å². The van der Waals surface area contributed by atoms with Gasteiger partial charge in [-0.25, -0.2) is 0 Å². The monoisotopic (exact) mass is 284 g/mol. The molecule has 5 nitrogen and oxygen atoms in total. The van der Waals surface area contributed by atoms with Gasteiger partial charge in [0.25, 0.3) is 11.6 Å². The van der Waals surface area contributed by atoms with E-state index in [4.69, 9.17) is 0 Å². The fraction of sp³-hybridized carbons (Fsp3) is 0.188. The summed E-state index contributed by atoms with van der Waals surface area (Å²) in [5.74, 6) is -0.473. The molecule has 0 saturated heterocycles. The first kappa shape index (κ1) is 14.7. The third-order valence-corrected chi connectivity index (χ3v) is 3.52. The Morgan fingerprint density at radius 2 is 1.67 bits per heavy atom. The van der Waals surface area contributed by atoms with Crippen LogP contribution in [0.15, 0.2) is 36.4 Å². The molecule has 0 saturated carbocycles. The van der Waals surface area contributed by atoms with Gasteiger partial charge in [0.1, 0.15) is 5.56 Å². The van der Waals surface area contributed by atoms with Gasteiger partial charge in [0, 0.05) is 11.3 Å². The van der Waals surface area contributed by atoms with E-state index in [1.807, 2.05) is 26.0 Å². The third-order valence-electron chi connectivity index (χ3n) is 3.52. The van der Waals surface area contributed by atoms with Gasteiger partial charge in [-0.05, 0) is 44.0 Å². The van der Waals surface area contributed by atoms with Crippen molar-refractivity contribution in [3.05, 3.63) is 68.8 Å². The van der Waals surface area contributed by atoms with E-state index in [1.165, 1.54) is 6.07 Å². The Morgan fingerprint density at radius 1 is 1.05 bits per heavy atom. The first-order chi connectivity index (χ1) is 9.91. The summed E-state index contributed by atoms with van der Waals surface area (Å²) in [7, 11) is 0. The minimum Gasteiger partial charge on any atom is -0.322 e. The van der Waals surface area contributed by atoms with Crippen LogP contribution >= 0.6 is 0 Å². The molecule has 0 bridgehead atoms. The van der Waals surface area contributed by atoms with E-state index in [0.29, 0.717) is 11.3 Å². The molecule has 0 fully saturated rings. The van der Waals surface area contributed by atoms with Crippen LogP contribution in [-0.4, -0.2) is 10.8 Å². The average Bonchev–Trinajstić information content (AvgIpc) is 2.43. The van der Waals surface area contributed by atoms with Crippen molar-refractivity contribution in [3.63, 3.8) is 0 Å². The van der Waals surface area contributed by atoms with Gasteiger partial charge < -0.3 is 5.32 Å². The zero-order valence-corrected chi connectivity index (χ0v) is 12.1. The molecular weight excluding hydrogens is 268 g/mol. The zero-order chi connectivity index (χ0) is 15.6. The van der Waals surface area contributed by atoms with Crippen LogP contribution in [0.3, 0.4) is 0 Å². The Hall–Kier alpha value is -2.69. The van der Waals surface area contributed by atoms with E-state index in [0.717, 1.165) is 11.1 Å². The number of hydrogen-bond acceptors (Lipinski definition) is 3. The lowest BCUT2D eigenvalue weighted by molar-refractivity contribution is -0.385. The number of carbonyl (C=O) groups is 1. The highest BCUT2D eigenvalue weighted by atomic mass is 16.6. The molecule has 0 radical (unpaired) electrons. The molecule has 1 amide bonds. The van der Waals surface area contributed by atoms with Crippen LogP contribution in [0.1, 0.15) is 27.0 Å². The molecule has 0 aliphatic heterocycles.